The van der Waals surface area contributed by atoms with Crippen LogP contribution in [0.5, 0.6) is 0 Å². The van der Waals surface area contributed by atoms with E-state index in [9.17, 15) is 0 Å². The van der Waals surface area contributed by atoms with E-state index in [0.717, 1.165) is 11.3 Å². The van der Waals surface area contributed by atoms with E-state index in [-0.39, 0.29) is 0 Å². The molecule has 0 fully saturated rings. The van der Waals surface area contributed by atoms with Crippen LogP contribution >= 0.6 is 0 Å². The molecule has 0 spiro atoms. The predicted molar refractivity (Wildman–Crippen MR) is 45.4 cm³/mol. The molecule has 2 aliphatic heterocycles. The molecule has 3 nitrogen and oxygen atoms in total. The Labute approximate surface area is 64.6 Å². The van der Waals surface area contributed by atoms with Gasteiger partial charge in [0.1, 0.15) is 0 Å². The average Bonchev–Trinajstić information content (AvgIpc) is 2.28. The lowest BCUT2D eigenvalue weighted by Crippen LogP contribution is -2.15. The molecule has 2 rings (SSSR count). The van der Waals surface area contributed by atoms with Gasteiger partial charge in [-0.3, -0.25) is 4.99 Å². The van der Waals surface area contributed by atoms with E-state index in [1.54, 1.807) is 25.0 Å². The second-order valence-corrected chi connectivity index (χ2v) is 2.21. The van der Waals surface area contributed by atoms with Crippen molar-refractivity contribution in [2.75, 3.05) is 0 Å². The summed E-state index contributed by atoms with van der Waals surface area (Å²) >= 11 is 0. The van der Waals surface area contributed by atoms with Gasteiger partial charge in [0.05, 0.1) is 6.34 Å². The fourth-order valence-electron chi connectivity index (χ4n) is 0.937. The number of fused-ring (bicyclic) bond motifs is 1. The maximum Gasteiger partial charge on any atom is 0.0923 e. The number of rotatable bonds is 0. The van der Waals surface area contributed by atoms with Crippen molar-refractivity contribution in [3.05, 3.63) is 35.8 Å². The molecule has 0 unspecified atom stereocenters. The van der Waals surface area contributed by atoms with Crippen LogP contribution in [-0.4, -0.2) is 12.6 Å². The van der Waals surface area contributed by atoms with E-state index in [1.807, 2.05) is 12.2 Å². The van der Waals surface area contributed by atoms with Gasteiger partial charge in [0.25, 0.3) is 0 Å². The van der Waals surface area contributed by atoms with Crippen molar-refractivity contribution >= 4 is 12.6 Å². The second-order valence-electron chi connectivity index (χ2n) is 2.21. The highest BCUT2D eigenvalue weighted by atomic mass is 15.0. The molecule has 0 saturated carbocycles. The van der Waals surface area contributed by atoms with Gasteiger partial charge in [-0.2, -0.15) is 0 Å². The normalized spacial score (nSPS) is 19.6. The molecule has 0 aliphatic carbocycles. The van der Waals surface area contributed by atoms with Gasteiger partial charge >= 0.3 is 0 Å². The summed E-state index contributed by atoms with van der Waals surface area (Å²) < 4.78 is 0. The minimum atomic E-state index is 1.01. The van der Waals surface area contributed by atoms with Gasteiger partial charge in [-0.1, -0.05) is 0 Å². The van der Waals surface area contributed by atoms with Crippen molar-refractivity contribution in [3.8, 4) is 0 Å². The van der Waals surface area contributed by atoms with Gasteiger partial charge in [0, 0.05) is 29.9 Å². The van der Waals surface area contributed by atoms with Crippen molar-refractivity contribution < 1.29 is 0 Å². The summed E-state index contributed by atoms with van der Waals surface area (Å²) in [4.78, 5) is 7.96. The lowest BCUT2D eigenvalue weighted by molar-refractivity contribution is 1.15. The molecular formula is C8H7N3. The Balaban J connectivity index is 2.44. The predicted octanol–water partition coefficient (Wildman–Crippen LogP) is 0.984. The van der Waals surface area contributed by atoms with Crippen LogP contribution in [-0.2, 0) is 0 Å². The van der Waals surface area contributed by atoms with Gasteiger partial charge < -0.3 is 5.32 Å². The Hall–Kier alpha value is -1.64. The van der Waals surface area contributed by atoms with Crippen LogP contribution < -0.4 is 5.32 Å². The molecule has 0 saturated heterocycles. The molecule has 0 bridgehead atoms. The van der Waals surface area contributed by atoms with Crippen LogP contribution in [0.15, 0.2) is 45.8 Å². The highest BCUT2D eigenvalue weighted by Crippen LogP contribution is 2.09. The Morgan fingerprint density at radius 3 is 3.27 bits per heavy atom. The van der Waals surface area contributed by atoms with E-state index < -0.39 is 0 Å². The largest absolute Gasteiger partial charge is 0.346 e. The van der Waals surface area contributed by atoms with E-state index in [4.69, 9.17) is 0 Å². The molecule has 0 aromatic heterocycles. The lowest BCUT2D eigenvalue weighted by atomic mass is 10.2. The summed E-state index contributed by atoms with van der Waals surface area (Å²) in [5.41, 5.74) is 2.05. The third-order valence-corrected chi connectivity index (χ3v) is 1.47. The fourth-order valence-corrected chi connectivity index (χ4v) is 0.937. The van der Waals surface area contributed by atoms with Gasteiger partial charge in [-0.05, 0) is 12.2 Å². The zero-order chi connectivity index (χ0) is 7.52. The molecule has 11 heavy (non-hydrogen) atoms. The zero-order valence-corrected chi connectivity index (χ0v) is 5.86. The minimum Gasteiger partial charge on any atom is -0.346 e. The van der Waals surface area contributed by atoms with Crippen LogP contribution in [0.2, 0.25) is 0 Å². The highest BCUT2D eigenvalue weighted by Gasteiger charge is 2.03. The van der Waals surface area contributed by atoms with Crippen LogP contribution in [0, 0.1) is 0 Å². The molecule has 54 valence electrons. The van der Waals surface area contributed by atoms with Crippen molar-refractivity contribution in [2.45, 2.75) is 0 Å². The molecule has 0 aromatic carbocycles. The first-order valence-corrected chi connectivity index (χ1v) is 3.35. The van der Waals surface area contributed by atoms with E-state index in [1.165, 1.54) is 0 Å². The Morgan fingerprint density at radius 2 is 2.27 bits per heavy atom. The van der Waals surface area contributed by atoms with Gasteiger partial charge in [0.15, 0.2) is 0 Å². The number of allylic oxidation sites excluding steroid dienone is 3. The molecular weight excluding hydrogens is 138 g/mol. The molecule has 2 aliphatic rings. The molecule has 0 amide bonds. The topological polar surface area (TPSA) is 36.8 Å². The third-order valence-electron chi connectivity index (χ3n) is 1.47. The summed E-state index contributed by atoms with van der Waals surface area (Å²) in [6.45, 7) is 0. The lowest BCUT2D eigenvalue weighted by Gasteiger charge is -2.08. The summed E-state index contributed by atoms with van der Waals surface area (Å²) in [6.07, 6.45) is 10.8. The average molecular weight is 145 g/mol. The Kier molecular flexibility index (Phi) is 1.41. The summed E-state index contributed by atoms with van der Waals surface area (Å²) in [5.74, 6) is 0. The van der Waals surface area contributed by atoms with Gasteiger partial charge in [-0.25, -0.2) is 4.99 Å². The van der Waals surface area contributed by atoms with Crippen LogP contribution in [0.3, 0.4) is 0 Å². The number of hydrogen-bond acceptors (Lipinski definition) is 3. The van der Waals surface area contributed by atoms with Gasteiger partial charge in [0.2, 0.25) is 0 Å². The second kappa shape index (κ2) is 2.54. The maximum atomic E-state index is 4.02. The quantitative estimate of drug-likeness (QED) is 0.542. The zero-order valence-electron chi connectivity index (χ0n) is 5.86. The Morgan fingerprint density at radius 1 is 1.27 bits per heavy atom. The van der Waals surface area contributed by atoms with Crippen molar-refractivity contribution in [2.24, 2.45) is 9.98 Å². The monoisotopic (exact) mass is 145 g/mol. The van der Waals surface area contributed by atoms with E-state index >= 15 is 0 Å². The van der Waals surface area contributed by atoms with Gasteiger partial charge in [-0.15, -0.1) is 0 Å². The van der Waals surface area contributed by atoms with Crippen LogP contribution in [0.4, 0.5) is 0 Å². The molecule has 1 N–H and O–H groups in total. The number of aliphatic imine (C=N–C) groups is 2. The van der Waals surface area contributed by atoms with Crippen LogP contribution in [0.25, 0.3) is 0 Å². The van der Waals surface area contributed by atoms with Crippen molar-refractivity contribution in [3.63, 3.8) is 0 Å². The maximum absolute atomic E-state index is 4.02. The van der Waals surface area contributed by atoms with E-state index in [0.29, 0.717) is 0 Å². The van der Waals surface area contributed by atoms with E-state index in [2.05, 4.69) is 15.3 Å². The van der Waals surface area contributed by atoms with Crippen LogP contribution in [0.1, 0.15) is 0 Å². The molecule has 3 heteroatoms. The molecule has 0 radical (unpaired) electrons. The summed E-state index contributed by atoms with van der Waals surface area (Å²) in [7, 11) is 0. The first-order chi connectivity index (χ1) is 5.47. The van der Waals surface area contributed by atoms with Crippen molar-refractivity contribution in [1.29, 1.82) is 0 Å². The number of nitrogens with one attached hydrogen (secondary N) is 1. The first-order valence-electron chi connectivity index (χ1n) is 3.35. The number of hydrogen-bond donors (Lipinski definition) is 1. The minimum absolute atomic E-state index is 1.01. The molecule has 0 atom stereocenters. The SMILES string of the molecule is C1=CN=CC2=CN=CNC2=C1. The van der Waals surface area contributed by atoms with Crippen molar-refractivity contribution in [1.82, 2.24) is 5.32 Å². The third kappa shape index (κ3) is 1.12. The first kappa shape index (κ1) is 6.09. The molecule has 0 aromatic rings. The smallest absolute Gasteiger partial charge is 0.0923 e. The highest BCUT2D eigenvalue weighted by molar-refractivity contribution is 5.88. The standard InChI is InChI=1S/C8H7N3/c1-2-8-7(4-9-3-1)5-10-6-11-8/h1-6H,(H,10,11). The Bertz CT molecular complexity index is 305. The fraction of sp³-hybridized carbons (Fsp3) is 0. The summed E-state index contributed by atoms with van der Waals surface area (Å²) in [6, 6.07) is 0. The summed E-state index contributed by atoms with van der Waals surface area (Å²) in [5, 5.41) is 3.02. The molecule has 2 heterocycles. The number of nitrogens with zero attached hydrogens (tertiary/aromatic N) is 2.